The zero-order valence-corrected chi connectivity index (χ0v) is 21.1. The Bertz CT molecular complexity index is 1430. The Morgan fingerprint density at radius 1 is 0.447 bits per heavy atom. The zero-order valence-electron chi connectivity index (χ0n) is 21.1. The molecule has 2 aromatic heterocycles. The highest BCUT2D eigenvalue weighted by Crippen LogP contribution is 2.27. The van der Waals surface area contributed by atoms with Crippen LogP contribution in [0.3, 0.4) is 0 Å². The lowest BCUT2D eigenvalue weighted by molar-refractivity contribution is 0.0907. The molecule has 4 aromatic rings. The maximum absolute atomic E-state index is 12.3. The summed E-state index contributed by atoms with van der Waals surface area (Å²) in [7, 11) is 0. The Morgan fingerprint density at radius 2 is 0.684 bits per heavy atom. The maximum atomic E-state index is 12.3. The number of imide groups is 2. The Balaban J connectivity index is 0.000000155. The van der Waals surface area contributed by atoms with E-state index in [-0.39, 0.29) is 35.5 Å². The molecule has 0 bridgehead atoms. The summed E-state index contributed by atoms with van der Waals surface area (Å²) in [5.74, 6) is -1.19. The first-order chi connectivity index (χ1) is 18.2. The molecule has 10 heteroatoms. The van der Waals surface area contributed by atoms with Gasteiger partial charge in [-0.15, -0.1) is 0 Å². The summed E-state index contributed by atoms with van der Waals surface area (Å²) in [5, 5.41) is 0. The largest absolute Gasteiger partial charge is 0.268 e. The van der Waals surface area contributed by atoms with E-state index in [1.54, 1.807) is 88.4 Å². The van der Waals surface area contributed by atoms with Crippen LogP contribution in [0.4, 0.5) is 11.9 Å². The Kier molecular flexibility index (Phi) is 6.08. The molecular weight excluding hydrogens is 484 g/mol. The van der Waals surface area contributed by atoms with E-state index >= 15 is 0 Å². The molecule has 0 atom stereocenters. The number of aryl methyl sites for hydroxylation is 4. The van der Waals surface area contributed by atoms with Gasteiger partial charge in [0.25, 0.3) is 23.6 Å². The highest BCUT2D eigenvalue weighted by Gasteiger charge is 2.39. The number of carbonyl (C=O) groups is 4. The van der Waals surface area contributed by atoms with Crippen molar-refractivity contribution in [1.29, 1.82) is 0 Å². The summed E-state index contributed by atoms with van der Waals surface area (Å²) in [6.07, 6.45) is 0. The summed E-state index contributed by atoms with van der Waals surface area (Å²) in [4.78, 5) is 67.8. The summed E-state index contributed by atoms with van der Waals surface area (Å²) in [5.41, 5.74) is 4.48. The van der Waals surface area contributed by atoms with Crippen LogP contribution in [0.5, 0.6) is 0 Å². The van der Waals surface area contributed by atoms with Crippen molar-refractivity contribution < 1.29 is 19.2 Å². The maximum Gasteiger partial charge on any atom is 0.268 e. The molecule has 2 aliphatic heterocycles. The Labute approximate surface area is 218 Å². The predicted octanol–water partition coefficient (Wildman–Crippen LogP) is 3.79. The van der Waals surface area contributed by atoms with Gasteiger partial charge in [0.1, 0.15) is 0 Å². The van der Waals surface area contributed by atoms with Gasteiger partial charge in [0.05, 0.1) is 22.3 Å². The lowest BCUT2D eigenvalue weighted by atomic mass is 10.1. The van der Waals surface area contributed by atoms with Crippen LogP contribution in [0.15, 0.2) is 60.7 Å². The van der Waals surface area contributed by atoms with Gasteiger partial charge < -0.3 is 0 Å². The highest BCUT2D eigenvalue weighted by atomic mass is 16.2. The van der Waals surface area contributed by atoms with Crippen LogP contribution in [-0.2, 0) is 0 Å². The van der Waals surface area contributed by atoms with Crippen molar-refractivity contribution in [2.24, 2.45) is 0 Å². The molecule has 0 spiro atoms. The lowest BCUT2D eigenvalue weighted by Gasteiger charge is -2.12. The van der Waals surface area contributed by atoms with Crippen molar-refractivity contribution >= 4 is 35.5 Å². The van der Waals surface area contributed by atoms with Crippen LogP contribution in [-0.4, -0.2) is 43.6 Å². The second kappa shape index (κ2) is 9.40. The van der Waals surface area contributed by atoms with Crippen molar-refractivity contribution in [2.75, 3.05) is 9.80 Å². The third-order valence-electron chi connectivity index (χ3n) is 5.93. The molecule has 10 nitrogen and oxygen atoms in total. The van der Waals surface area contributed by atoms with Crippen LogP contribution >= 0.6 is 0 Å². The van der Waals surface area contributed by atoms with Crippen LogP contribution in [0.25, 0.3) is 0 Å². The van der Waals surface area contributed by atoms with Crippen molar-refractivity contribution in [3.63, 3.8) is 0 Å². The summed E-state index contributed by atoms with van der Waals surface area (Å²) in [6.45, 7) is 7.21. The molecule has 0 fully saturated rings. The smallest absolute Gasteiger partial charge is 0.268 e. The van der Waals surface area contributed by atoms with Crippen LogP contribution < -0.4 is 9.80 Å². The molecule has 4 amide bonds. The number of hydrogen-bond donors (Lipinski definition) is 0. The number of hydrogen-bond acceptors (Lipinski definition) is 8. The van der Waals surface area contributed by atoms with Gasteiger partial charge in [-0.05, 0) is 64.1 Å². The van der Waals surface area contributed by atoms with E-state index in [9.17, 15) is 19.2 Å². The molecule has 0 N–H and O–H groups in total. The fraction of sp³-hybridized carbons (Fsp3) is 0.143. The van der Waals surface area contributed by atoms with Gasteiger partial charge in [0, 0.05) is 22.8 Å². The minimum Gasteiger partial charge on any atom is -0.268 e. The third-order valence-corrected chi connectivity index (χ3v) is 5.93. The number of aromatic nitrogens is 4. The molecular formula is C28H22N6O4. The fourth-order valence-corrected chi connectivity index (χ4v) is 4.36. The van der Waals surface area contributed by atoms with E-state index in [1.165, 1.54) is 0 Å². The molecule has 2 aliphatic rings. The first-order valence-electron chi connectivity index (χ1n) is 11.8. The number of nitrogens with zero attached hydrogens (tertiary/aromatic N) is 6. The van der Waals surface area contributed by atoms with Crippen LogP contribution in [0, 0.1) is 27.7 Å². The molecule has 0 saturated carbocycles. The number of rotatable bonds is 2. The molecule has 4 heterocycles. The average molecular weight is 507 g/mol. The minimum absolute atomic E-state index is 0.142. The van der Waals surface area contributed by atoms with E-state index in [0.29, 0.717) is 22.3 Å². The van der Waals surface area contributed by atoms with Gasteiger partial charge in [-0.2, -0.15) is 0 Å². The van der Waals surface area contributed by atoms with Crippen molar-refractivity contribution in [3.05, 3.63) is 106 Å². The summed E-state index contributed by atoms with van der Waals surface area (Å²) >= 11 is 0. The predicted molar refractivity (Wildman–Crippen MR) is 138 cm³/mol. The number of anilines is 2. The molecule has 0 saturated heterocycles. The fourth-order valence-electron chi connectivity index (χ4n) is 4.36. The van der Waals surface area contributed by atoms with Gasteiger partial charge in [0.2, 0.25) is 11.9 Å². The molecule has 0 radical (unpaired) electrons. The van der Waals surface area contributed by atoms with Crippen molar-refractivity contribution in [3.8, 4) is 0 Å². The molecule has 0 unspecified atom stereocenters. The van der Waals surface area contributed by atoms with Gasteiger partial charge in [-0.25, -0.2) is 29.7 Å². The molecule has 6 rings (SSSR count). The number of benzene rings is 2. The van der Waals surface area contributed by atoms with Crippen molar-refractivity contribution in [1.82, 2.24) is 19.9 Å². The zero-order chi connectivity index (χ0) is 27.1. The van der Waals surface area contributed by atoms with Crippen molar-refractivity contribution in [2.45, 2.75) is 27.7 Å². The first-order valence-corrected chi connectivity index (χ1v) is 11.8. The standard InChI is InChI=1S/2C14H11N3O2/c2*1-8-7-9(2)16-14(15-8)17-12(18)10-5-3-4-6-11(10)13(17)19/h2*3-7H,1-2H3. The van der Waals surface area contributed by atoms with E-state index in [1.807, 2.05) is 0 Å². The van der Waals surface area contributed by atoms with Crippen LogP contribution in [0.1, 0.15) is 64.2 Å². The number of amides is 4. The minimum atomic E-state index is -0.370. The van der Waals surface area contributed by atoms with Gasteiger partial charge in [-0.1, -0.05) is 24.3 Å². The van der Waals surface area contributed by atoms with Gasteiger partial charge in [0.15, 0.2) is 0 Å². The van der Waals surface area contributed by atoms with Gasteiger partial charge in [-0.3, -0.25) is 19.2 Å². The second-order valence-corrected chi connectivity index (χ2v) is 8.88. The van der Waals surface area contributed by atoms with E-state index < -0.39 is 0 Å². The molecule has 0 aliphatic carbocycles. The average Bonchev–Trinajstić information content (AvgIpc) is 3.28. The molecule has 188 valence electrons. The second-order valence-electron chi connectivity index (χ2n) is 8.88. The topological polar surface area (TPSA) is 126 Å². The lowest BCUT2D eigenvalue weighted by Crippen LogP contribution is -2.31. The number of carbonyl (C=O) groups excluding carboxylic acids is 4. The third kappa shape index (κ3) is 4.21. The SMILES string of the molecule is Cc1cc(C)nc(N2C(=O)c3ccccc3C2=O)n1.Cc1cc(C)nc(N2C(=O)c3ccccc3C2=O)n1. The normalized spacial score (nSPS) is 13.9. The van der Waals surface area contributed by atoms with E-state index in [4.69, 9.17) is 0 Å². The monoisotopic (exact) mass is 506 g/mol. The highest BCUT2D eigenvalue weighted by molar-refractivity contribution is 6.34. The van der Waals surface area contributed by atoms with E-state index in [2.05, 4.69) is 19.9 Å². The number of fused-ring (bicyclic) bond motifs is 2. The summed E-state index contributed by atoms with van der Waals surface area (Å²) in [6, 6.07) is 17.1. The quantitative estimate of drug-likeness (QED) is 0.376. The first kappa shape index (κ1) is 24.6. The van der Waals surface area contributed by atoms with Crippen LogP contribution in [0.2, 0.25) is 0 Å². The Morgan fingerprint density at radius 3 is 0.921 bits per heavy atom. The van der Waals surface area contributed by atoms with E-state index in [0.717, 1.165) is 32.6 Å². The summed E-state index contributed by atoms with van der Waals surface area (Å²) < 4.78 is 0. The molecule has 2 aromatic carbocycles. The Hall–Kier alpha value is -5.12. The molecule has 38 heavy (non-hydrogen) atoms. The van der Waals surface area contributed by atoms with Gasteiger partial charge >= 0.3 is 0 Å².